The Hall–Kier alpha value is -1.75. The molecular weight excluding hydrogens is 278 g/mol. The number of anilines is 1. The molecule has 1 rings (SSSR count). The first-order valence-corrected chi connectivity index (χ1v) is 6.93. The maximum atomic E-state index is 12.2. The molecule has 0 aliphatic rings. The lowest BCUT2D eigenvalue weighted by atomic mass is 10.1. The summed E-state index contributed by atoms with van der Waals surface area (Å²) in [6.45, 7) is 4.42. The van der Waals surface area contributed by atoms with Crippen LogP contribution in [-0.4, -0.2) is 31.4 Å². The highest BCUT2D eigenvalue weighted by molar-refractivity contribution is 6.31. The predicted octanol–water partition coefficient (Wildman–Crippen LogP) is 2.03. The number of rotatable bonds is 6. The number of hydrogen-bond acceptors (Lipinski definition) is 3. The minimum atomic E-state index is -0.606. The van der Waals surface area contributed by atoms with E-state index in [9.17, 15) is 9.59 Å². The molecule has 0 fully saturated rings. The summed E-state index contributed by atoms with van der Waals surface area (Å²) >= 11 is 5.93. The quantitative estimate of drug-likeness (QED) is 0.752. The highest BCUT2D eigenvalue weighted by atomic mass is 35.5. The van der Waals surface area contributed by atoms with E-state index in [1.807, 2.05) is 6.92 Å². The van der Waals surface area contributed by atoms with Crippen molar-refractivity contribution >= 4 is 29.1 Å². The molecule has 1 aromatic carbocycles. The Labute approximate surface area is 124 Å². The molecular formula is C14H20ClN3O2. The zero-order valence-electron chi connectivity index (χ0n) is 11.9. The fourth-order valence-corrected chi connectivity index (χ4v) is 1.85. The molecule has 110 valence electrons. The topological polar surface area (TPSA) is 70.2 Å². The molecule has 1 atom stereocenters. The average Bonchev–Trinajstić information content (AvgIpc) is 2.44. The van der Waals surface area contributed by atoms with Gasteiger partial charge in [0.25, 0.3) is 5.91 Å². The zero-order chi connectivity index (χ0) is 15.1. The van der Waals surface area contributed by atoms with Crippen LogP contribution in [0.15, 0.2) is 18.2 Å². The van der Waals surface area contributed by atoms with Crippen LogP contribution in [0.25, 0.3) is 0 Å². The molecule has 0 spiro atoms. The second kappa shape index (κ2) is 7.75. The summed E-state index contributed by atoms with van der Waals surface area (Å²) in [6, 6.07) is 4.46. The van der Waals surface area contributed by atoms with E-state index in [2.05, 4.69) is 16.0 Å². The van der Waals surface area contributed by atoms with Crippen LogP contribution in [-0.2, 0) is 4.79 Å². The first-order valence-electron chi connectivity index (χ1n) is 6.55. The second-order valence-corrected chi connectivity index (χ2v) is 4.86. The smallest absolute Gasteiger partial charge is 0.254 e. The van der Waals surface area contributed by atoms with E-state index in [4.69, 9.17) is 11.6 Å². The molecule has 0 saturated carbocycles. The van der Waals surface area contributed by atoms with Gasteiger partial charge in [0.2, 0.25) is 5.91 Å². The molecule has 0 aliphatic carbocycles. The van der Waals surface area contributed by atoms with Gasteiger partial charge in [-0.05, 0) is 31.5 Å². The Kier molecular flexibility index (Phi) is 6.31. The fourth-order valence-electron chi connectivity index (χ4n) is 1.67. The van der Waals surface area contributed by atoms with E-state index in [0.717, 1.165) is 13.0 Å². The van der Waals surface area contributed by atoms with Gasteiger partial charge >= 0.3 is 0 Å². The van der Waals surface area contributed by atoms with Crippen molar-refractivity contribution in [3.63, 3.8) is 0 Å². The van der Waals surface area contributed by atoms with Crippen molar-refractivity contribution in [1.29, 1.82) is 0 Å². The van der Waals surface area contributed by atoms with Crippen molar-refractivity contribution in [2.24, 2.45) is 0 Å². The van der Waals surface area contributed by atoms with Crippen LogP contribution in [0.4, 0.5) is 5.69 Å². The summed E-state index contributed by atoms with van der Waals surface area (Å²) in [5.74, 6) is -0.578. The van der Waals surface area contributed by atoms with Crippen LogP contribution in [0.2, 0.25) is 5.02 Å². The lowest BCUT2D eigenvalue weighted by Crippen LogP contribution is -2.43. The third-order valence-electron chi connectivity index (χ3n) is 2.78. The standard InChI is InChI=1S/C14H20ClN3O2/c1-4-7-17-12-6-5-10(15)8-11(12)14(20)18-9(2)13(19)16-3/h5-6,8-9,17H,4,7H2,1-3H3,(H,16,19)(H,18,20). The van der Waals surface area contributed by atoms with E-state index in [1.165, 1.54) is 7.05 Å². The van der Waals surface area contributed by atoms with Gasteiger partial charge in [-0.1, -0.05) is 18.5 Å². The van der Waals surface area contributed by atoms with Gasteiger partial charge in [-0.25, -0.2) is 0 Å². The van der Waals surface area contributed by atoms with Gasteiger partial charge in [0.1, 0.15) is 6.04 Å². The summed E-state index contributed by atoms with van der Waals surface area (Å²) in [6.07, 6.45) is 0.943. The molecule has 1 unspecified atom stereocenters. The molecule has 2 amide bonds. The molecule has 0 heterocycles. The van der Waals surface area contributed by atoms with Crippen molar-refractivity contribution in [2.45, 2.75) is 26.3 Å². The number of amides is 2. The number of nitrogens with one attached hydrogen (secondary N) is 3. The first kappa shape index (κ1) is 16.3. The lowest BCUT2D eigenvalue weighted by Gasteiger charge is -2.15. The molecule has 0 aliphatic heterocycles. The lowest BCUT2D eigenvalue weighted by molar-refractivity contribution is -0.122. The van der Waals surface area contributed by atoms with Crippen LogP contribution in [0.5, 0.6) is 0 Å². The Balaban J connectivity index is 2.90. The SMILES string of the molecule is CCCNc1ccc(Cl)cc1C(=O)NC(C)C(=O)NC. The van der Waals surface area contributed by atoms with Crippen molar-refractivity contribution in [3.8, 4) is 0 Å². The molecule has 3 N–H and O–H groups in total. The van der Waals surface area contributed by atoms with Crippen LogP contribution in [0.3, 0.4) is 0 Å². The van der Waals surface area contributed by atoms with Gasteiger partial charge in [-0.15, -0.1) is 0 Å². The van der Waals surface area contributed by atoms with Crippen molar-refractivity contribution in [3.05, 3.63) is 28.8 Å². The van der Waals surface area contributed by atoms with Gasteiger partial charge in [0.15, 0.2) is 0 Å². The Morgan fingerprint density at radius 2 is 2.05 bits per heavy atom. The van der Waals surface area contributed by atoms with Crippen LogP contribution in [0.1, 0.15) is 30.6 Å². The Morgan fingerprint density at radius 1 is 1.35 bits per heavy atom. The van der Waals surface area contributed by atoms with Crippen molar-refractivity contribution in [2.75, 3.05) is 18.9 Å². The van der Waals surface area contributed by atoms with Gasteiger partial charge < -0.3 is 16.0 Å². The summed E-state index contributed by atoms with van der Waals surface area (Å²) in [5.41, 5.74) is 1.14. The minimum absolute atomic E-state index is 0.247. The molecule has 6 heteroatoms. The van der Waals surface area contributed by atoms with E-state index >= 15 is 0 Å². The molecule has 1 aromatic rings. The van der Waals surface area contributed by atoms with Crippen molar-refractivity contribution < 1.29 is 9.59 Å². The molecule has 0 aromatic heterocycles. The van der Waals surface area contributed by atoms with E-state index in [0.29, 0.717) is 16.3 Å². The Morgan fingerprint density at radius 3 is 2.65 bits per heavy atom. The maximum absolute atomic E-state index is 12.2. The predicted molar refractivity (Wildman–Crippen MR) is 81.2 cm³/mol. The largest absolute Gasteiger partial charge is 0.384 e. The number of halogens is 1. The summed E-state index contributed by atoms with van der Waals surface area (Å²) in [4.78, 5) is 23.7. The number of benzene rings is 1. The maximum Gasteiger partial charge on any atom is 0.254 e. The molecule has 20 heavy (non-hydrogen) atoms. The number of carbonyl (C=O) groups is 2. The second-order valence-electron chi connectivity index (χ2n) is 4.43. The third kappa shape index (κ3) is 4.42. The van der Waals surface area contributed by atoms with Crippen LogP contribution in [0, 0.1) is 0 Å². The number of likely N-dealkylation sites (N-methyl/N-ethyl adjacent to an activating group) is 1. The molecule has 0 saturated heterocycles. The van der Waals surface area contributed by atoms with E-state index in [1.54, 1.807) is 25.1 Å². The minimum Gasteiger partial charge on any atom is -0.384 e. The van der Waals surface area contributed by atoms with E-state index in [-0.39, 0.29) is 11.8 Å². The summed E-state index contributed by atoms with van der Waals surface area (Å²) in [7, 11) is 1.53. The van der Waals surface area contributed by atoms with Gasteiger partial charge in [0, 0.05) is 24.3 Å². The molecule has 5 nitrogen and oxygen atoms in total. The average molecular weight is 298 g/mol. The number of carbonyl (C=O) groups excluding carboxylic acids is 2. The third-order valence-corrected chi connectivity index (χ3v) is 3.01. The van der Waals surface area contributed by atoms with Gasteiger partial charge in [0.05, 0.1) is 5.56 Å². The monoisotopic (exact) mass is 297 g/mol. The summed E-state index contributed by atoms with van der Waals surface area (Å²) in [5, 5.41) is 8.77. The zero-order valence-corrected chi connectivity index (χ0v) is 12.7. The van der Waals surface area contributed by atoms with Gasteiger partial charge in [-0.2, -0.15) is 0 Å². The van der Waals surface area contributed by atoms with Gasteiger partial charge in [-0.3, -0.25) is 9.59 Å². The highest BCUT2D eigenvalue weighted by Crippen LogP contribution is 2.20. The normalized spacial score (nSPS) is 11.6. The summed E-state index contributed by atoms with van der Waals surface area (Å²) < 4.78 is 0. The Bertz CT molecular complexity index is 491. The van der Waals surface area contributed by atoms with Crippen molar-refractivity contribution in [1.82, 2.24) is 10.6 Å². The molecule has 0 bridgehead atoms. The molecule has 0 radical (unpaired) electrons. The number of hydrogen-bond donors (Lipinski definition) is 3. The first-order chi connectivity index (χ1) is 9.49. The van der Waals surface area contributed by atoms with E-state index < -0.39 is 6.04 Å². The highest BCUT2D eigenvalue weighted by Gasteiger charge is 2.18. The van der Waals surface area contributed by atoms with Crippen LogP contribution < -0.4 is 16.0 Å². The van der Waals surface area contributed by atoms with Crippen LogP contribution >= 0.6 is 11.6 Å². The fraction of sp³-hybridized carbons (Fsp3) is 0.429.